The van der Waals surface area contributed by atoms with Crippen LogP contribution in [0.2, 0.25) is 10.0 Å². The maximum Gasteiger partial charge on any atom is 0.337 e. The highest BCUT2D eigenvalue weighted by molar-refractivity contribution is 6.35. The van der Waals surface area contributed by atoms with Crippen LogP contribution in [0, 0.1) is 13.8 Å². The Bertz CT molecular complexity index is 766. The fourth-order valence-corrected chi connectivity index (χ4v) is 2.66. The van der Waals surface area contributed by atoms with Gasteiger partial charge in [-0.1, -0.05) is 23.2 Å². The summed E-state index contributed by atoms with van der Waals surface area (Å²) in [4.78, 5) is 23.5. The molecule has 1 heterocycles. The van der Waals surface area contributed by atoms with Crippen molar-refractivity contribution in [1.82, 2.24) is 4.57 Å². The van der Waals surface area contributed by atoms with Crippen molar-refractivity contribution in [3.63, 3.8) is 0 Å². The Kier molecular flexibility index (Phi) is 3.88. The van der Waals surface area contributed by atoms with Crippen LogP contribution in [-0.2, 0) is 0 Å². The normalized spacial score (nSPS) is 10.6. The number of carboxylic acid groups (broad SMARTS) is 1. The van der Waals surface area contributed by atoms with Gasteiger partial charge in [0.2, 0.25) is 0 Å². The number of pyridine rings is 1. The van der Waals surface area contributed by atoms with E-state index in [1.54, 1.807) is 26.0 Å². The molecule has 0 unspecified atom stereocenters. The number of aryl methyl sites for hydroxylation is 1. The van der Waals surface area contributed by atoms with E-state index in [4.69, 9.17) is 23.2 Å². The molecule has 0 aliphatic rings. The van der Waals surface area contributed by atoms with Crippen LogP contribution in [0.3, 0.4) is 0 Å². The van der Waals surface area contributed by atoms with Crippen molar-refractivity contribution in [2.45, 2.75) is 13.8 Å². The summed E-state index contributed by atoms with van der Waals surface area (Å²) < 4.78 is 1.27. The molecule has 0 fully saturated rings. The lowest BCUT2D eigenvalue weighted by atomic mass is 10.1. The zero-order valence-electron chi connectivity index (χ0n) is 10.8. The average molecular weight is 312 g/mol. The van der Waals surface area contributed by atoms with Crippen molar-refractivity contribution < 1.29 is 9.90 Å². The van der Waals surface area contributed by atoms with Crippen molar-refractivity contribution in [3.8, 4) is 5.69 Å². The van der Waals surface area contributed by atoms with E-state index in [0.29, 0.717) is 22.0 Å². The van der Waals surface area contributed by atoms with Gasteiger partial charge in [0.1, 0.15) is 0 Å². The number of rotatable bonds is 2. The number of hydrogen-bond donors (Lipinski definition) is 1. The van der Waals surface area contributed by atoms with Gasteiger partial charge in [0.05, 0.1) is 16.3 Å². The average Bonchev–Trinajstić information content (AvgIpc) is 2.30. The van der Waals surface area contributed by atoms with Gasteiger partial charge in [0.15, 0.2) is 0 Å². The summed E-state index contributed by atoms with van der Waals surface area (Å²) in [6, 6.07) is 5.96. The zero-order valence-corrected chi connectivity index (χ0v) is 12.3. The Morgan fingerprint density at radius 2 is 1.85 bits per heavy atom. The van der Waals surface area contributed by atoms with Crippen molar-refractivity contribution in [3.05, 3.63) is 61.5 Å². The quantitative estimate of drug-likeness (QED) is 0.924. The second-order valence-electron chi connectivity index (χ2n) is 4.36. The zero-order chi connectivity index (χ0) is 15.0. The lowest BCUT2D eigenvalue weighted by Crippen LogP contribution is -2.24. The topological polar surface area (TPSA) is 59.3 Å². The number of hydrogen-bond acceptors (Lipinski definition) is 2. The second kappa shape index (κ2) is 5.31. The number of benzene rings is 1. The van der Waals surface area contributed by atoms with Crippen LogP contribution < -0.4 is 5.56 Å². The summed E-state index contributed by atoms with van der Waals surface area (Å²) in [7, 11) is 0. The third-order valence-electron chi connectivity index (χ3n) is 3.02. The molecule has 0 spiro atoms. The molecule has 2 aromatic rings. The number of aromatic carboxylic acids is 1. The number of aromatic nitrogens is 1. The molecule has 6 heteroatoms. The minimum absolute atomic E-state index is 0.0932. The van der Waals surface area contributed by atoms with E-state index in [1.165, 1.54) is 16.7 Å². The van der Waals surface area contributed by atoms with Gasteiger partial charge in [-0.2, -0.15) is 0 Å². The van der Waals surface area contributed by atoms with E-state index in [9.17, 15) is 14.7 Å². The van der Waals surface area contributed by atoms with Crippen LogP contribution in [-0.4, -0.2) is 15.6 Å². The Hall–Kier alpha value is -1.78. The van der Waals surface area contributed by atoms with Gasteiger partial charge in [-0.3, -0.25) is 9.36 Å². The fraction of sp³-hybridized carbons (Fsp3) is 0.143. The molecule has 0 atom stereocenters. The van der Waals surface area contributed by atoms with E-state index in [-0.39, 0.29) is 16.1 Å². The minimum Gasteiger partial charge on any atom is -0.478 e. The third-order valence-corrected chi connectivity index (χ3v) is 3.55. The van der Waals surface area contributed by atoms with Crippen LogP contribution in [0.5, 0.6) is 0 Å². The van der Waals surface area contributed by atoms with Crippen molar-refractivity contribution in [2.24, 2.45) is 0 Å². The molecule has 0 aliphatic heterocycles. The van der Waals surface area contributed by atoms with Crippen LogP contribution in [0.4, 0.5) is 0 Å². The Morgan fingerprint density at radius 1 is 1.20 bits per heavy atom. The van der Waals surface area contributed by atoms with E-state index >= 15 is 0 Å². The Morgan fingerprint density at radius 3 is 2.40 bits per heavy atom. The highest BCUT2D eigenvalue weighted by Gasteiger charge is 2.18. The van der Waals surface area contributed by atoms with Crippen LogP contribution >= 0.6 is 23.2 Å². The highest BCUT2D eigenvalue weighted by atomic mass is 35.5. The third kappa shape index (κ3) is 2.44. The predicted molar refractivity (Wildman–Crippen MR) is 78.5 cm³/mol. The molecule has 1 aromatic carbocycles. The number of carboxylic acids is 1. The number of nitrogens with zero attached hydrogens (tertiary/aromatic N) is 1. The summed E-state index contributed by atoms with van der Waals surface area (Å²) in [5.41, 5.74) is 0.902. The van der Waals surface area contributed by atoms with Crippen LogP contribution in [0.1, 0.15) is 21.6 Å². The molecule has 0 saturated heterocycles. The van der Waals surface area contributed by atoms with E-state index in [0.717, 1.165) is 0 Å². The van der Waals surface area contributed by atoms with Crippen LogP contribution in [0.15, 0.2) is 29.1 Å². The Balaban J connectivity index is 2.84. The van der Waals surface area contributed by atoms with Gasteiger partial charge < -0.3 is 5.11 Å². The monoisotopic (exact) mass is 311 g/mol. The first-order valence-electron chi connectivity index (χ1n) is 5.75. The van der Waals surface area contributed by atoms with Crippen molar-refractivity contribution in [1.29, 1.82) is 0 Å². The predicted octanol–water partition coefficient (Wildman–Crippen LogP) is 3.46. The smallest absolute Gasteiger partial charge is 0.337 e. The van der Waals surface area contributed by atoms with Gasteiger partial charge in [-0.15, -0.1) is 0 Å². The lowest BCUT2D eigenvalue weighted by Gasteiger charge is -2.15. The maximum atomic E-state index is 12.2. The molecule has 2 rings (SSSR count). The fourth-order valence-electron chi connectivity index (χ4n) is 2.17. The highest BCUT2D eigenvalue weighted by Crippen LogP contribution is 2.25. The molecule has 20 heavy (non-hydrogen) atoms. The molecule has 4 nitrogen and oxygen atoms in total. The van der Waals surface area contributed by atoms with Crippen molar-refractivity contribution >= 4 is 29.2 Å². The molecular weight excluding hydrogens is 301 g/mol. The lowest BCUT2D eigenvalue weighted by molar-refractivity contribution is 0.0694. The molecule has 1 N–H and O–H groups in total. The molecule has 0 bridgehead atoms. The molecule has 0 radical (unpaired) electrons. The largest absolute Gasteiger partial charge is 0.478 e. The van der Waals surface area contributed by atoms with Gasteiger partial charge in [-0.05, 0) is 37.6 Å². The summed E-state index contributed by atoms with van der Waals surface area (Å²) in [5, 5.41) is 9.97. The van der Waals surface area contributed by atoms with Crippen LogP contribution in [0.25, 0.3) is 5.69 Å². The first-order chi connectivity index (χ1) is 9.32. The SMILES string of the molecule is Cc1cc(=O)n(-c2ccc(Cl)cc2Cl)c(C)c1C(=O)O. The standard InChI is InChI=1S/C14H11Cl2NO3/c1-7-5-12(18)17(8(2)13(7)14(19)20)11-4-3-9(15)6-10(11)16/h3-6H,1-2H3,(H,19,20). The first kappa shape index (κ1) is 14.6. The maximum absolute atomic E-state index is 12.2. The number of carbonyl (C=O) groups is 1. The molecule has 0 aliphatic carbocycles. The van der Waals surface area contributed by atoms with E-state index in [1.807, 2.05) is 0 Å². The molecule has 0 amide bonds. The summed E-state index contributed by atoms with van der Waals surface area (Å²) in [6.45, 7) is 3.16. The van der Waals surface area contributed by atoms with E-state index in [2.05, 4.69) is 0 Å². The van der Waals surface area contributed by atoms with Gasteiger partial charge in [0, 0.05) is 16.8 Å². The van der Waals surface area contributed by atoms with Gasteiger partial charge in [-0.25, -0.2) is 4.79 Å². The molecule has 1 aromatic heterocycles. The summed E-state index contributed by atoms with van der Waals surface area (Å²) >= 11 is 11.9. The minimum atomic E-state index is -1.08. The number of halogens is 2. The second-order valence-corrected chi connectivity index (χ2v) is 5.21. The Labute approximate surface area is 125 Å². The van der Waals surface area contributed by atoms with Gasteiger partial charge >= 0.3 is 5.97 Å². The summed E-state index contributed by atoms with van der Waals surface area (Å²) in [5.74, 6) is -1.08. The molecular formula is C14H11Cl2NO3. The first-order valence-corrected chi connectivity index (χ1v) is 6.50. The van der Waals surface area contributed by atoms with Crippen molar-refractivity contribution in [2.75, 3.05) is 0 Å². The summed E-state index contributed by atoms with van der Waals surface area (Å²) in [6.07, 6.45) is 0. The van der Waals surface area contributed by atoms with E-state index < -0.39 is 5.97 Å². The van der Waals surface area contributed by atoms with Gasteiger partial charge in [0.25, 0.3) is 5.56 Å². The molecule has 0 saturated carbocycles. The molecule has 104 valence electrons.